The Morgan fingerprint density at radius 2 is 1.93 bits per heavy atom. The summed E-state index contributed by atoms with van der Waals surface area (Å²) in [5.74, 6) is 2.51. The fourth-order valence-corrected chi connectivity index (χ4v) is 3.45. The second-order valence-electron chi connectivity index (χ2n) is 6.96. The van der Waals surface area contributed by atoms with E-state index in [1.807, 2.05) is 16.9 Å². The Morgan fingerprint density at radius 3 is 2.62 bits per heavy atom. The summed E-state index contributed by atoms with van der Waals surface area (Å²) in [6.07, 6.45) is 6.00. The summed E-state index contributed by atoms with van der Waals surface area (Å²) in [7, 11) is 3.36. The van der Waals surface area contributed by atoms with Crippen LogP contribution in [0.4, 0.5) is 11.8 Å². The molecule has 156 valence electrons. The Labute approximate surface area is 171 Å². The maximum atomic E-state index is 5.90. The molecule has 0 aliphatic carbocycles. The molecule has 2 heterocycles. The summed E-state index contributed by atoms with van der Waals surface area (Å²) in [4.78, 5) is 8.67. The third-order valence-corrected chi connectivity index (χ3v) is 4.81. The van der Waals surface area contributed by atoms with Gasteiger partial charge in [-0.3, -0.25) is 4.68 Å². The van der Waals surface area contributed by atoms with E-state index in [0.717, 1.165) is 54.9 Å². The van der Waals surface area contributed by atoms with E-state index < -0.39 is 0 Å². The van der Waals surface area contributed by atoms with Crippen molar-refractivity contribution in [2.45, 2.75) is 46.1 Å². The number of rotatable bonds is 10. The molecule has 3 aromatic rings. The minimum absolute atomic E-state index is 0.233. The number of nitrogens with zero attached hydrogens (tertiary/aromatic N) is 4. The minimum Gasteiger partial charge on any atom is -0.496 e. The summed E-state index contributed by atoms with van der Waals surface area (Å²) in [5.41, 5.74) is 9.42. The molecule has 2 aromatic heterocycles. The first-order valence-corrected chi connectivity index (χ1v) is 10.1. The van der Waals surface area contributed by atoms with Crippen LogP contribution in [0.25, 0.3) is 11.0 Å². The second-order valence-corrected chi connectivity index (χ2v) is 6.96. The summed E-state index contributed by atoms with van der Waals surface area (Å²) < 4.78 is 13.2. The van der Waals surface area contributed by atoms with Gasteiger partial charge in [0, 0.05) is 6.54 Å². The van der Waals surface area contributed by atoms with Crippen LogP contribution in [0.5, 0.6) is 11.5 Å². The smallest absolute Gasteiger partial charge is 0.222 e. The van der Waals surface area contributed by atoms with Crippen LogP contribution in [-0.4, -0.2) is 40.5 Å². The van der Waals surface area contributed by atoms with Gasteiger partial charge in [0.05, 0.1) is 32.5 Å². The number of hydrogen-bond donors (Lipinski definition) is 2. The van der Waals surface area contributed by atoms with Gasteiger partial charge in [-0.15, -0.1) is 0 Å². The number of nitrogens with one attached hydrogen (secondary N) is 1. The molecule has 8 heteroatoms. The van der Waals surface area contributed by atoms with Crippen LogP contribution >= 0.6 is 0 Å². The number of aryl methyl sites for hydroxylation is 1. The normalized spacial score (nSPS) is 11.0. The number of anilines is 2. The molecule has 3 N–H and O–H groups in total. The first kappa shape index (κ1) is 20.7. The summed E-state index contributed by atoms with van der Waals surface area (Å²) in [6, 6.07) is 4.05. The Kier molecular flexibility index (Phi) is 6.74. The predicted molar refractivity (Wildman–Crippen MR) is 116 cm³/mol. The standard InChI is InChI=1S/C21H30N6O2/c1-5-7-11-23-20-18-16(24-21(22)25-20)13-27(26-18)12-15-17(28-3)10-9-14(8-6-2)19(15)29-4/h9-10,13H,5-8,11-12H2,1-4H3,(H3,22,23,24,25). The van der Waals surface area contributed by atoms with Crippen molar-refractivity contribution in [2.24, 2.45) is 0 Å². The lowest BCUT2D eigenvalue weighted by Gasteiger charge is -2.17. The Balaban J connectivity index is 2.00. The Hall–Kier alpha value is -3.03. The van der Waals surface area contributed by atoms with Crippen molar-refractivity contribution in [1.82, 2.24) is 19.7 Å². The highest BCUT2D eigenvalue weighted by molar-refractivity contribution is 5.85. The molecule has 0 radical (unpaired) electrons. The fraction of sp³-hybridized carbons (Fsp3) is 0.476. The maximum Gasteiger partial charge on any atom is 0.222 e. The van der Waals surface area contributed by atoms with E-state index in [1.165, 1.54) is 0 Å². The molecule has 29 heavy (non-hydrogen) atoms. The van der Waals surface area contributed by atoms with Gasteiger partial charge in [0.2, 0.25) is 5.95 Å². The van der Waals surface area contributed by atoms with E-state index in [-0.39, 0.29) is 5.95 Å². The zero-order valence-corrected chi connectivity index (χ0v) is 17.7. The van der Waals surface area contributed by atoms with Crippen LogP contribution in [0, 0.1) is 0 Å². The highest BCUT2D eigenvalue weighted by Gasteiger charge is 2.17. The molecule has 0 amide bonds. The van der Waals surface area contributed by atoms with Gasteiger partial charge in [0.15, 0.2) is 11.3 Å². The summed E-state index contributed by atoms with van der Waals surface area (Å²) in [5, 5.41) is 8.04. The van der Waals surface area contributed by atoms with Crippen LogP contribution in [0.15, 0.2) is 18.3 Å². The van der Waals surface area contributed by atoms with Crippen molar-refractivity contribution in [3.8, 4) is 11.5 Å². The van der Waals surface area contributed by atoms with E-state index in [9.17, 15) is 0 Å². The van der Waals surface area contributed by atoms with Crippen LogP contribution < -0.4 is 20.5 Å². The van der Waals surface area contributed by atoms with Gasteiger partial charge < -0.3 is 20.5 Å². The van der Waals surface area contributed by atoms with Gasteiger partial charge in [-0.2, -0.15) is 10.1 Å². The fourth-order valence-electron chi connectivity index (χ4n) is 3.45. The molecule has 8 nitrogen and oxygen atoms in total. The van der Waals surface area contributed by atoms with Gasteiger partial charge >= 0.3 is 0 Å². The number of ether oxygens (including phenoxy) is 2. The molecule has 0 saturated carbocycles. The Morgan fingerprint density at radius 1 is 1.10 bits per heavy atom. The number of hydrogen-bond acceptors (Lipinski definition) is 7. The number of fused-ring (bicyclic) bond motifs is 1. The van der Waals surface area contributed by atoms with E-state index >= 15 is 0 Å². The molecule has 0 aliphatic heterocycles. The molecule has 0 aliphatic rings. The molecule has 3 rings (SSSR count). The summed E-state index contributed by atoms with van der Waals surface area (Å²) >= 11 is 0. The van der Waals surface area contributed by atoms with Crippen molar-refractivity contribution in [3.63, 3.8) is 0 Å². The van der Waals surface area contributed by atoms with Crippen molar-refractivity contribution in [3.05, 3.63) is 29.5 Å². The maximum absolute atomic E-state index is 5.90. The highest BCUT2D eigenvalue weighted by atomic mass is 16.5. The Bertz CT molecular complexity index is 969. The molecule has 0 unspecified atom stereocenters. The molecular formula is C21H30N6O2. The van der Waals surface area contributed by atoms with E-state index in [0.29, 0.717) is 23.4 Å². The molecule has 1 aromatic carbocycles. The molecule has 0 spiro atoms. The van der Waals surface area contributed by atoms with Gasteiger partial charge in [-0.05, 0) is 24.5 Å². The third-order valence-electron chi connectivity index (χ3n) is 4.81. The molecule has 0 bridgehead atoms. The average molecular weight is 399 g/mol. The summed E-state index contributed by atoms with van der Waals surface area (Å²) in [6.45, 7) is 5.61. The van der Waals surface area contributed by atoms with E-state index in [2.05, 4.69) is 35.2 Å². The van der Waals surface area contributed by atoms with Crippen LogP contribution in [0.3, 0.4) is 0 Å². The number of methoxy groups -OCH3 is 2. The third kappa shape index (κ3) is 4.52. The topological polar surface area (TPSA) is 100 Å². The number of nitrogen functional groups attached to an aromatic ring is 1. The zero-order valence-electron chi connectivity index (χ0n) is 17.7. The lowest BCUT2D eigenvalue weighted by Crippen LogP contribution is -2.07. The minimum atomic E-state index is 0.233. The van der Waals surface area contributed by atoms with Crippen molar-refractivity contribution in [1.29, 1.82) is 0 Å². The van der Waals surface area contributed by atoms with Gasteiger partial charge in [-0.25, -0.2) is 4.98 Å². The molecule has 0 saturated heterocycles. The van der Waals surface area contributed by atoms with Crippen LogP contribution in [-0.2, 0) is 13.0 Å². The van der Waals surface area contributed by atoms with Crippen LogP contribution in [0.1, 0.15) is 44.2 Å². The first-order chi connectivity index (χ1) is 14.1. The zero-order chi connectivity index (χ0) is 20.8. The number of nitrogens with two attached hydrogens (primary N) is 1. The van der Waals surface area contributed by atoms with Gasteiger partial charge in [0.1, 0.15) is 17.0 Å². The number of benzene rings is 1. The van der Waals surface area contributed by atoms with E-state index in [1.54, 1.807) is 14.2 Å². The molecule has 0 atom stereocenters. The highest BCUT2D eigenvalue weighted by Crippen LogP contribution is 2.34. The van der Waals surface area contributed by atoms with Crippen LogP contribution in [0.2, 0.25) is 0 Å². The monoisotopic (exact) mass is 398 g/mol. The molecular weight excluding hydrogens is 368 g/mol. The van der Waals surface area contributed by atoms with E-state index in [4.69, 9.17) is 20.3 Å². The predicted octanol–water partition coefficient (Wildman–Crippen LogP) is 3.64. The lowest BCUT2D eigenvalue weighted by molar-refractivity contribution is 0.378. The van der Waals surface area contributed by atoms with Crippen molar-refractivity contribution >= 4 is 22.8 Å². The second kappa shape index (κ2) is 9.45. The largest absolute Gasteiger partial charge is 0.496 e. The number of unbranched alkanes of at least 4 members (excludes halogenated alkanes) is 1. The lowest BCUT2D eigenvalue weighted by atomic mass is 10.0. The molecule has 0 fully saturated rings. The quantitative estimate of drug-likeness (QED) is 0.503. The number of aromatic nitrogens is 4. The van der Waals surface area contributed by atoms with Gasteiger partial charge in [0.25, 0.3) is 0 Å². The SMILES string of the molecule is CCCCNc1nc(N)nc2cn(Cc3c(OC)ccc(CCC)c3OC)nc12. The van der Waals surface area contributed by atoms with Crippen molar-refractivity contribution in [2.75, 3.05) is 31.8 Å². The van der Waals surface area contributed by atoms with Gasteiger partial charge in [-0.1, -0.05) is 32.8 Å². The average Bonchev–Trinajstić information content (AvgIpc) is 3.11. The first-order valence-electron chi connectivity index (χ1n) is 10.1. The van der Waals surface area contributed by atoms with Crippen molar-refractivity contribution < 1.29 is 9.47 Å².